The molecule has 0 saturated carbocycles. The Morgan fingerprint density at radius 2 is 1.77 bits per heavy atom. The number of fused-ring (bicyclic) bond motifs is 1. The molecule has 3 heteroatoms. The van der Waals surface area contributed by atoms with E-state index in [-0.39, 0.29) is 18.4 Å². The zero-order valence-corrected chi connectivity index (χ0v) is 12.8. The second-order valence-electron chi connectivity index (χ2n) is 6.05. The molecule has 1 aliphatic heterocycles. The fraction of sp³-hybridized carbons (Fsp3) is 0.316. The Balaban J connectivity index is 2.10. The summed E-state index contributed by atoms with van der Waals surface area (Å²) >= 11 is 0. The Hall–Kier alpha value is -2.13. The van der Waals surface area contributed by atoms with Gasteiger partial charge < -0.3 is 10.4 Å². The van der Waals surface area contributed by atoms with E-state index in [1.807, 2.05) is 42.5 Å². The van der Waals surface area contributed by atoms with Gasteiger partial charge in [-0.1, -0.05) is 55.5 Å². The summed E-state index contributed by atoms with van der Waals surface area (Å²) < 4.78 is 0. The molecule has 22 heavy (non-hydrogen) atoms. The minimum Gasteiger partial charge on any atom is -0.396 e. The van der Waals surface area contributed by atoms with Crippen LogP contribution in [0.25, 0.3) is 0 Å². The quantitative estimate of drug-likeness (QED) is 0.890. The van der Waals surface area contributed by atoms with E-state index in [0.29, 0.717) is 12.8 Å². The maximum atomic E-state index is 12.9. The summed E-state index contributed by atoms with van der Waals surface area (Å²) in [5.41, 5.74) is 2.47. The zero-order valence-electron chi connectivity index (χ0n) is 12.8. The molecule has 0 unspecified atom stereocenters. The molecule has 114 valence electrons. The van der Waals surface area contributed by atoms with Gasteiger partial charge in [-0.15, -0.1) is 0 Å². The van der Waals surface area contributed by atoms with E-state index in [4.69, 9.17) is 0 Å². The molecule has 0 radical (unpaired) electrons. The molecular weight excluding hydrogens is 274 g/mol. The summed E-state index contributed by atoms with van der Waals surface area (Å²) in [6.45, 7) is 2.15. The first kappa shape index (κ1) is 14.8. The highest BCUT2D eigenvalue weighted by Crippen LogP contribution is 2.46. The van der Waals surface area contributed by atoms with Crippen molar-refractivity contribution in [3.05, 3.63) is 65.7 Å². The molecule has 0 saturated heterocycles. The summed E-state index contributed by atoms with van der Waals surface area (Å²) in [6.07, 6.45) is 1.26. The molecule has 0 fully saturated rings. The minimum absolute atomic E-state index is 0.0403. The topological polar surface area (TPSA) is 49.3 Å². The lowest BCUT2D eigenvalue weighted by Gasteiger charge is -2.34. The van der Waals surface area contributed by atoms with Gasteiger partial charge in [0.25, 0.3) is 0 Å². The molecule has 1 heterocycles. The average molecular weight is 295 g/mol. The van der Waals surface area contributed by atoms with E-state index in [1.54, 1.807) is 0 Å². The van der Waals surface area contributed by atoms with Crippen molar-refractivity contribution in [2.24, 2.45) is 5.92 Å². The standard InChI is InChI=1S/C19H21NO2/c1-14(11-12-21)19(13-15-7-3-2-4-8-15)16-9-5-6-10-17(16)20-18(19)22/h2-10,14,21H,11-13H2,1H3,(H,20,22)/t14-,19-/m1/s1. The van der Waals surface area contributed by atoms with Crippen LogP contribution in [-0.4, -0.2) is 17.6 Å². The lowest BCUT2D eigenvalue weighted by molar-refractivity contribution is -0.122. The van der Waals surface area contributed by atoms with Gasteiger partial charge in [0, 0.05) is 12.3 Å². The predicted octanol–water partition coefficient (Wildman–Crippen LogP) is 3.14. The molecular formula is C19H21NO2. The third-order valence-corrected chi connectivity index (χ3v) is 4.79. The first-order valence-electron chi connectivity index (χ1n) is 7.74. The van der Waals surface area contributed by atoms with Crippen molar-refractivity contribution in [3.8, 4) is 0 Å². The number of rotatable bonds is 5. The molecule has 3 rings (SSSR count). The van der Waals surface area contributed by atoms with Crippen LogP contribution >= 0.6 is 0 Å². The maximum absolute atomic E-state index is 12.9. The fourth-order valence-electron chi connectivity index (χ4n) is 3.53. The predicted molar refractivity (Wildman–Crippen MR) is 87.8 cm³/mol. The number of nitrogens with one attached hydrogen (secondary N) is 1. The fourth-order valence-corrected chi connectivity index (χ4v) is 3.53. The molecule has 0 aromatic heterocycles. The van der Waals surface area contributed by atoms with Crippen molar-refractivity contribution in [1.82, 2.24) is 0 Å². The molecule has 3 nitrogen and oxygen atoms in total. The molecule has 1 amide bonds. The Kier molecular flexibility index (Phi) is 3.99. The highest BCUT2D eigenvalue weighted by atomic mass is 16.3. The van der Waals surface area contributed by atoms with Gasteiger partial charge in [0.15, 0.2) is 0 Å². The summed E-state index contributed by atoms with van der Waals surface area (Å²) in [5.74, 6) is 0.0971. The van der Waals surface area contributed by atoms with Crippen LogP contribution in [0.4, 0.5) is 5.69 Å². The number of carbonyl (C=O) groups is 1. The van der Waals surface area contributed by atoms with Gasteiger partial charge in [-0.2, -0.15) is 0 Å². The highest BCUT2D eigenvalue weighted by molar-refractivity contribution is 6.06. The first-order chi connectivity index (χ1) is 10.7. The maximum Gasteiger partial charge on any atom is 0.235 e. The van der Waals surface area contributed by atoms with Crippen molar-refractivity contribution >= 4 is 11.6 Å². The monoisotopic (exact) mass is 295 g/mol. The van der Waals surface area contributed by atoms with Crippen LogP contribution in [0.3, 0.4) is 0 Å². The number of hydrogen-bond acceptors (Lipinski definition) is 2. The number of amides is 1. The number of para-hydroxylation sites is 1. The van der Waals surface area contributed by atoms with Gasteiger partial charge in [-0.05, 0) is 36.0 Å². The van der Waals surface area contributed by atoms with E-state index >= 15 is 0 Å². The number of aliphatic hydroxyl groups excluding tert-OH is 1. The van der Waals surface area contributed by atoms with Gasteiger partial charge in [-0.25, -0.2) is 0 Å². The van der Waals surface area contributed by atoms with Gasteiger partial charge in [0.05, 0.1) is 5.41 Å². The molecule has 1 aliphatic rings. The van der Waals surface area contributed by atoms with Crippen molar-refractivity contribution in [1.29, 1.82) is 0 Å². The lowest BCUT2D eigenvalue weighted by atomic mass is 9.67. The van der Waals surface area contributed by atoms with Crippen molar-refractivity contribution in [2.45, 2.75) is 25.2 Å². The molecule has 2 aromatic rings. The Bertz CT molecular complexity index is 668. The smallest absolute Gasteiger partial charge is 0.235 e. The lowest BCUT2D eigenvalue weighted by Crippen LogP contribution is -2.43. The molecule has 2 atom stereocenters. The largest absolute Gasteiger partial charge is 0.396 e. The van der Waals surface area contributed by atoms with E-state index < -0.39 is 5.41 Å². The van der Waals surface area contributed by atoms with Crippen molar-refractivity contribution in [3.63, 3.8) is 0 Å². The second kappa shape index (κ2) is 5.93. The normalized spacial score (nSPS) is 21.3. The Morgan fingerprint density at radius 1 is 1.09 bits per heavy atom. The number of carbonyl (C=O) groups excluding carboxylic acids is 1. The van der Waals surface area contributed by atoms with Crippen LogP contribution in [0.1, 0.15) is 24.5 Å². The Labute approximate surface area is 131 Å². The van der Waals surface area contributed by atoms with Crippen LogP contribution in [0.2, 0.25) is 0 Å². The summed E-state index contributed by atoms with van der Waals surface area (Å²) in [7, 11) is 0. The first-order valence-corrected chi connectivity index (χ1v) is 7.74. The van der Waals surface area contributed by atoms with Gasteiger partial charge >= 0.3 is 0 Å². The SMILES string of the molecule is C[C@H](CCO)[C@@]1(Cc2ccccc2)C(=O)Nc2ccccc21. The van der Waals surface area contributed by atoms with E-state index in [0.717, 1.165) is 16.8 Å². The van der Waals surface area contributed by atoms with Crippen LogP contribution in [0.15, 0.2) is 54.6 Å². The summed E-state index contributed by atoms with van der Waals surface area (Å²) in [6, 6.07) is 18.0. The minimum atomic E-state index is -0.610. The van der Waals surface area contributed by atoms with E-state index in [9.17, 15) is 9.90 Å². The highest BCUT2D eigenvalue weighted by Gasteiger charge is 2.50. The number of aliphatic hydroxyl groups is 1. The van der Waals surface area contributed by atoms with Crippen LogP contribution < -0.4 is 5.32 Å². The molecule has 2 aromatic carbocycles. The third-order valence-electron chi connectivity index (χ3n) is 4.79. The van der Waals surface area contributed by atoms with Crippen LogP contribution in [0.5, 0.6) is 0 Å². The van der Waals surface area contributed by atoms with Gasteiger partial charge in [-0.3, -0.25) is 4.79 Å². The molecule has 2 N–H and O–H groups in total. The molecule has 0 bridgehead atoms. The van der Waals surface area contributed by atoms with Gasteiger partial charge in [0.2, 0.25) is 5.91 Å². The van der Waals surface area contributed by atoms with E-state index in [1.165, 1.54) is 0 Å². The molecule has 0 spiro atoms. The van der Waals surface area contributed by atoms with E-state index in [2.05, 4.69) is 24.4 Å². The zero-order chi connectivity index (χ0) is 15.6. The van der Waals surface area contributed by atoms with Gasteiger partial charge in [0.1, 0.15) is 0 Å². The van der Waals surface area contributed by atoms with Crippen LogP contribution in [-0.2, 0) is 16.6 Å². The van der Waals surface area contributed by atoms with Crippen molar-refractivity contribution < 1.29 is 9.90 Å². The second-order valence-corrected chi connectivity index (χ2v) is 6.05. The number of hydrogen-bond donors (Lipinski definition) is 2. The number of anilines is 1. The van der Waals surface area contributed by atoms with Crippen LogP contribution in [0, 0.1) is 5.92 Å². The average Bonchev–Trinajstić information content (AvgIpc) is 2.82. The number of benzene rings is 2. The molecule has 0 aliphatic carbocycles. The summed E-state index contributed by atoms with van der Waals surface area (Å²) in [5, 5.41) is 12.4. The Morgan fingerprint density at radius 3 is 2.50 bits per heavy atom. The third kappa shape index (κ3) is 2.32. The van der Waals surface area contributed by atoms with Crippen molar-refractivity contribution in [2.75, 3.05) is 11.9 Å². The summed E-state index contributed by atoms with van der Waals surface area (Å²) in [4.78, 5) is 12.9.